The molecule has 0 spiro atoms. The molecule has 1 heterocycles. The van der Waals surface area contributed by atoms with E-state index in [-0.39, 0.29) is 24.6 Å². The Morgan fingerprint density at radius 1 is 1.21 bits per heavy atom. The van der Waals surface area contributed by atoms with Crippen LogP contribution in [0.3, 0.4) is 0 Å². The molecular weight excluding hydrogens is 521 g/mol. The number of nitrogens with zero attached hydrogens (tertiary/aromatic N) is 4. The van der Waals surface area contributed by atoms with Gasteiger partial charge >= 0.3 is 6.03 Å². The Bertz CT molecular complexity index is 1310. The number of hydroxylamine groups is 1. The number of amides is 3. The lowest BCUT2D eigenvalue weighted by Gasteiger charge is -2.32. The average molecular weight is 548 g/mol. The van der Waals surface area contributed by atoms with E-state index in [0.717, 1.165) is 18.2 Å². The standard InChI is InChI=1S/C24H26FN5O7S/c1-2-28(24(32)29-11-13-36-14-12-29)9-10-30(17-23(31)27-33)38(34,35)20-7-8-22(21(25)15-20)37-19-5-3-18(16-26)4-6-19/h2-8,15,33H,1,9-14,17H2,(H,27,31). The summed E-state index contributed by atoms with van der Waals surface area (Å²) >= 11 is 0. The van der Waals surface area contributed by atoms with E-state index < -0.39 is 39.2 Å². The van der Waals surface area contributed by atoms with E-state index in [1.165, 1.54) is 45.7 Å². The SMILES string of the molecule is C=CN(CCN(CC(=O)NO)S(=O)(=O)c1ccc(Oc2ccc(C#N)cc2)c(F)c1)C(=O)N1CCOCC1. The van der Waals surface area contributed by atoms with Gasteiger partial charge in [0.05, 0.1) is 36.3 Å². The Balaban J connectivity index is 1.79. The van der Waals surface area contributed by atoms with Gasteiger partial charge in [0.25, 0.3) is 5.91 Å². The van der Waals surface area contributed by atoms with Gasteiger partial charge in [0, 0.05) is 32.4 Å². The Morgan fingerprint density at radius 2 is 1.89 bits per heavy atom. The Morgan fingerprint density at radius 3 is 2.47 bits per heavy atom. The summed E-state index contributed by atoms with van der Waals surface area (Å²) < 4.78 is 52.8. The monoisotopic (exact) mass is 547 g/mol. The molecule has 14 heteroatoms. The Kier molecular flexibility index (Phi) is 9.74. The maximum Gasteiger partial charge on any atom is 0.324 e. The van der Waals surface area contributed by atoms with Crippen LogP contribution in [-0.4, -0.2) is 85.6 Å². The third-order valence-electron chi connectivity index (χ3n) is 5.54. The molecular formula is C24H26FN5O7S. The number of rotatable bonds is 10. The molecule has 1 saturated heterocycles. The topological polar surface area (TPSA) is 153 Å². The number of benzene rings is 2. The van der Waals surface area contributed by atoms with Gasteiger partial charge in [0.1, 0.15) is 5.75 Å². The predicted octanol–water partition coefficient (Wildman–Crippen LogP) is 1.88. The normalized spacial score (nSPS) is 13.5. The van der Waals surface area contributed by atoms with Crippen molar-refractivity contribution in [2.24, 2.45) is 0 Å². The van der Waals surface area contributed by atoms with Crippen molar-refractivity contribution in [2.45, 2.75) is 4.90 Å². The van der Waals surface area contributed by atoms with Crippen LogP contribution in [0.1, 0.15) is 5.56 Å². The highest BCUT2D eigenvalue weighted by atomic mass is 32.2. The minimum absolute atomic E-state index is 0.167. The molecule has 0 aliphatic carbocycles. The number of carbonyl (C=O) groups excluding carboxylic acids is 2. The van der Waals surface area contributed by atoms with Crippen molar-refractivity contribution in [3.8, 4) is 17.6 Å². The lowest BCUT2D eigenvalue weighted by molar-refractivity contribution is -0.129. The summed E-state index contributed by atoms with van der Waals surface area (Å²) in [4.78, 5) is 26.9. The van der Waals surface area contributed by atoms with E-state index in [1.807, 2.05) is 6.07 Å². The summed E-state index contributed by atoms with van der Waals surface area (Å²) in [5, 5.41) is 17.8. The molecule has 12 nitrogen and oxygen atoms in total. The summed E-state index contributed by atoms with van der Waals surface area (Å²) in [6, 6.07) is 10.4. The molecule has 1 aliphatic rings. The number of nitrogens with one attached hydrogen (secondary N) is 1. The first-order chi connectivity index (χ1) is 18.2. The molecule has 2 aromatic carbocycles. The van der Waals surface area contributed by atoms with Crippen molar-refractivity contribution >= 4 is 22.0 Å². The number of nitriles is 1. The first kappa shape index (κ1) is 28.5. The Labute approximate surface area is 219 Å². The van der Waals surface area contributed by atoms with Crippen LogP contribution in [0, 0.1) is 17.1 Å². The van der Waals surface area contributed by atoms with Gasteiger partial charge in [0.2, 0.25) is 10.0 Å². The van der Waals surface area contributed by atoms with Crippen molar-refractivity contribution in [3.63, 3.8) is 0 Å². The summed E-state index contributed by atoms with van der Waals surface area (Å²) in [6.45, 7) is 3.72. The maximum absolute atomic E-state index is 14.8. The lowest BCUT2D eigenvalue weighted by atomic mass is 10.2. The third-order valence-corrected chi connectivity index (χ3v) is 7.38. The molecule has 0 unspecified atom stereocenters. The van der Waals surface area contributed by atoms with Crippen LogP contribution in [0.5, 0.6) is 11.5 Å². The molecule has 1 fully saturated rings. The first-order valence-corrected chi connectivity index (χ1v) is 12.8. The highest BCUT2D eigenvalue weighted by Crippen LogP contribution is 2.28. The molecule has 2 aromatic rings. The number of sulfonamides is 1. The second kappa shape index (κ2) is 13.0. The minimum Gasteiger partial charge on any atom is -0.454 e. The fourth-order valence-electron chi connectivity index (χ4n) is 3.50. The predicted molar refractivity (Wildman–Crippen MR) is 131 cm³/mol. The van der Waals surface area contributed by atoms with E-state index in [4.69, 9.17) is 19.9 Å². The van der Waals surface area contributed by atoms with Gasteiger partial charge in [-0.05, 0) is 42.5 Å². The van der Waals surface area contributed by atoms with Gasteiger partial charge in [0.15, 0.2) is 11.6 Å². The highest BCUT2D eigenvalue weighted by Gasteiger charge is 2.29. The van der Waals surface area contributed by atoms with Crippen LogP contribution < -0.4 is 10.2 Å². The number of ether oxygens (including phenoxy) is 2. The molecule has 2 N–H and O–H groups in total. The van der Waals surface area contributed by atoms with Crippen molar-refractivity contribution in [2.75, 3.05) is 45.9 Å². The van der Waals surface area contributed by atoms with Gasteiger partial charge in [-0.3, -0.25) is 10.0 Å². The van der Waals surface area contributed by atoms with Crippen LogP contribution in [0.2, 0.25) is 0 Å². The largest absolute Gasteiger partial charge is 0.454 e. The van der Waals surface area contributed by atoms with Gasteiger partial charge in [-0.15, -0.1) is 0 Å². The second-order valence-electron chi connectivity index (χ2n) is 7.96. The molecule has 3 amide bonds. The molecule has 0 atom stereocenters. The van der Waals surface area contributed by atoms with Crippen LogP contribution in [0.4, 0.5) is 9.18 Å². The molecule has 0 aromatic heterocycles. The summed E-state index contributed by atoms with van der Waals surface area (Å²) in [6.07, 6.45) is 1.24. The van der Waals surface area contributed by atoms with Crippen molar-refractivity contribution < 1.29 is 37.1 Å². The number of halogens is 1. The van der Waals surface area contributed by atoms with Gasteiger partial charge in [-0.1, -0.05) is 6.58 Å². The number of hydrogen-bond acceptors (Lipinski definition) is 8. The third kappa shape index (κ3) is 7.05. The fourth-order valence-corrected chi connectivity index (χ4v) is 4.90. The number of morpholine rings is 1. The molecule has 0 bridgehead atoms. The Hall–Kier alpha value is -4.03. The molecule has 1 aliphatic heterocycles. The van der Waals surface area contributed by atoms with E-state index in [2.05, 4.69) is 6.58 Å². The fraction of sp³-hybridized carbons (Fsp3) is 0.292. The van der Waals surface area contributed by atoms with Gasteiger partial charge in [-0.25, -0.2) is 23.1 Å². The summed E-state index contributed by atoms with van der Waals surface area (Å²) in [5.41, 5.74) is 1.75. The summed E-state index contributed by atoms with van der Waals surface area (Å²) in [5.74, 6) is -2.05. The van der Waals surface area contributed by atoms with Crippen LogP contribution >= 0.6 is 0 Å². The minimum atomic E-state index is -4.46. The smallest absolute Gasteiger partial charge is 0.324 e. The van der Waals surface area contributed by atoms with Crippen LogP contribution in [0.25, 0.3) is 0 Å². The zero-order valence-electron chi connectivity index (χ0n) is 20.2. The van der Waals surface area contributed by atoms with E-state index in [9.17, 15) is 22.4 Å². The van der Waals surface area contributed by atoms with Crippen molar-refractivity contribution in [1.29, 1.82) is 5.26 Å². The van der Waals surface area contributed by atoms with Crippen molar-refractivity contribution in [1.82, 2.24) is 19.6 Å². The summed E-state index contributed by atoms with van der Waals surface area (Å²) in [7, 11) is -4.46. The molecule has 3 rings (SSSR count). The first-order valence-electron chi connectivity index (χ1n) is 11.4. The van der Waals surface area contributed by atoms with E-state index >= 15 is 0 Å². The zero-order chi connectivity index (χ0) is 27.7. The highest BCUT2D eigenvalue weighted by molar-refractivity contribution is 7.89. The van der Waals surface area contributed by atoms with Crippen LogP contribution in [0.15, 0.2) is 60.1 Å². The molecule has 0 saturated carbocycles. The van der Waals surface area contributed by atoms with Crippen molar-refractivity contribution in [3.05, 3.63) is 66.6 Å². The number of urea groups is 1. The van der Waals surface area contributed by atoms with E-state index in [1.54, 1.807) is 0 Å². The van der Waals surface area contributed by atoms with Gasteiger partial charge in [-0.2, -0.15) is 9.57 Å². The second-order valence-corrected chi connectivity index (χ2v) is 9.90. The average Bonchev–Trinajstić information content (AvgIpc) is 2.94. The number of hydrogen-bond donors (Lipinski definition) is 2. The van der Waals surface area contributed by atoms with Crippen LogP contribution in [-0.2, 0) is 19.6 Å². The lowest BCUT2D eigenvalue weighted by Crippen LogP contribution is -2.49. The molecule has 0 radical (unpaired) electrons. The van der Waals surface area contributed by atoms with E-state index in [0.29, 0.717) is 36.2 Å². The zero-order valence-corrected chi connectivity index (χ0v) is 21.1. The number of carbonyl (C=O) groups is 2. The quantitative estimate of drug-likeness (QED) is 0.338. The molecule has 38 heavy (non-hydrogen) atoms. The molecule has 202 valence electrons. The van der Waals surface area contributed by atoms with Gasteiger partial charge < -0.3 is 19.3 Å². The maximum atomic E-state index is 14.8.